The number of carbonyl (C=O) groups is 1. The normalized spacial score (nSPS) is 10.5. The molecule has 0 atom stereocenters. The highest BCUT2D eigenvalue weighted by Gasteiger charge is 2.13. The zero-order valence-electron chi connectivity index (χ0n) is 11.8. The molecule has 5 nitrogen and oxygen atoms in total. The molecular weight excluding hydrogens is 254 g/mol. The molecule has 0 aliphatic carbocycles. The van der Waals surface area contributed by atoms with Gasteiger partial charge in [0.05, 0.1) is 11.9 Å². The van der Waals surface area contributed by atoms with Crippen LogP contribution in [0.5, 0.6) is 5.75 Å². The zero-order chi connectivity index (χ0) is 14.5. The Morgan fingerprint density at radius 3 is 2.90 bits per heavy atom. The first kappa shape index (κ1) is 14.1. The number of imidazole rings is 1. The van der Waals surface area contributed by atoms with Crippen LogP contribution in [-0.4, -0.2) is 27.1 Å². The number of aromatic hydroxyl groups is 1. The number of hydrogen-bond donors (Lipinski definition) is 2. The van der Waals surface area contributed by atoms with Crippen LogP contribution in [-0.2, 0) is 6.54 Å². The van der Waals surface area contributed by atoms with E-state index in [1.54, 1.807) is 25.5 Å². The quantitative estimate of drug-likeness (QED) is 0.819. The van der Waals surface area contributed by atoms with E-state index in [4.69, 9.17) is 0 Å². The molecule has 2 aromatic rings. The molecule has 0 fully saturated rings. The second-order valence-electron chi connectivity index (χ2n) is 4.89. The number of nitrogens with zero attached hydrogens (tertiary/aromatic N) is 2. The van der Waals surface area contributed by atoms with Crippen LogP contribution in [0.3, 0.4) is 0 Å². The second-order valence-corrected chi connectivity index (χ2v) is 4.89. The minimum Gasteiger partial charge on any atom is -0.507 e. The van der Waals surface area contributed by atoms with Gasteiger partial charge in [0.2, 0.25) is 0 Å². The Balaban J connectivity index is 1.89. The van der Waals surface area contributed by atoms with Crippen LogP contribution in [0.2, 0.25) is 0 Å². The Hall–Kier alpha value is -2.30. The lowest BCUT2D eigenvalue weighted by Crippen LogP contribution is -2.25. The molecule has 0 aliphatic rings. The van der Waals surface area contributed by atoms with E-state index in [1.165, 1.54) is 0 Å². The fourth-order valence-electron chi connectivity index (χ4n) is 2.11. The number of phenols is 1. The molecule has 0 radical (unpaired) electrons. The molecule has 1 amide bonds. The molecule has 0 saturated heterocycles. The fourth-order valence-corrected chi connectivity index (χ4v) is 2.11. The SMILES string of the molecule is Cc1cc(C)c(O)c(C(=O)NCCCn2ccnc2)c1. The van der Waals surface area contributed by atoms with Crippen molar-refractivity contribution in [1.29, 1.82) is 0 Å². The lowest BCUT2D eigenvalue weighted by Gasteiger charge is -2.10. The van der Waals surface area contributed by atoms with Gasteiger partial charge in [0.1, 0.15) is 5.75 Å². The summed E-state index contributed by atoms with van der Waals surface area (Å²) in [6.45, 7) is 5.06. The van der Waals surface area contributed by atoms with Gasteiger partial charge in [0.15, 0.2) is 0 Å². The first-order valence-corrected chi connectivity index (χ1v) is 6.62. The van der Waals surface area contributed by atoms with Crippen LogP contribution in [0.25, 0.3) is 0 Å². The van der Waals surface area contributed by atoms with Gasteiger partial charge in [0, 0.05) is 25.5 Å². The monoisotopic (exact) mass is 273 g/mol. The number of phenolic OH excluding ortho intramolecular Hbond substituents is 1. The van der Waals surface area contributed by atoms with Gasteiger partial charge < -0.3 is 15.0 Å². The first-order valence-electron chi connectivity index (χ1n) is 6.62. The van der Waals surface area contributed by atoms with Crippen molar-refractivity contribution in [3.8, 4) is 5.75 Å². The summed E-state index contributed by atoms with van der Waals surface area (Å²) in [6, 6.07) is 3.55. The molecule has 2 N–H and O–H groups in total. The summed E-state index contributed by atoms with van der Waals surface area (Å²) >= 11 is 0. The van der Waals surface area contributed by atoms with Crippen molar-refractivity contribution < 1.29 is 9.90 Å². The molecule has 0 unspecified atom stereocenters. The third kappa shape index (κ3) is 3.38. The van der Waals surface area contributed by atoms with Crippen LogP contribution in [0.1, 0.15) is 27.9 Å². The van der Waals surface area contributed by atoms with Gasteiger partial charge in [-0.2, -0.15) is 0 Å². The summed E-state index contributed by atoms with van der Waals surface area (Å²) in [5.74, 6) is -0.178. The highest BCUT2D eigenvalue weighted by molar-refractivity contribution is 5.97. The zero-order valence-corrected chi connectivity index (χ0v) is 11.8. The largest absolute Gasteiger partial charge is 0.507 e. The number of nitrogens with one attached hydrogen (secondary N) is 1. The summed E-state index contributed by atoms with van der Waals surface area (Å²) in [6.07, 6.45) is 6.18. The van der Waals surface area contributed by atoms with Crippen molar-refractivity contribution >= 4 is 5.91 Å². The topological polar surface area (TPSA) is 67.2 Å². The van der Waals surface area contributed by atoms with Crippen molar-refractivity contribution in [2.75, 3.05) is 6.54 Å². The lowest BCUT2D eigenvalue weighted by molar-refractivity contribution is 0.0950. The summed E-state index contributed by atoms with van der Waals surface area (Å²) in [7, 11) is 0. The second kappa shape index (κ2) is 6.23. The number of carbonyl (C=O) groups excluding carboxylic acids is 1. The van der Waals surface area contributed by atoms with Gasteiger partial charge in [-0.25, -0.2) is 4.98 Å². The molecule has 1 aromatic carbocycles. The molecule has 5 heteroatoms. The number of aryl methyl sites for hydroxylation is 3. The van der Waals surface area contributed by atoms with E-state index in [2.05, 4.69) is 10.3 Å². The third-order valence-corrected chi connectivity index (χ3v) is 3.13. The van der Waals surface area contributed by atoms with Crippen molar-refractivity contribution in [3.63, 3.8) is 0 Å². The maximum absolute atomic E-state index is 12.0. The fraction of sp³-hybridized carbons (Fsp3) is 0.333. The Morgan fingerprint density at radius 2 is 2.20 bits per heavy atom. The minimum atomic E-state index is -0.236. The van der Waals surface area contributed by atoms with E-state index in [-0.39, 0.29) is 11.7 Å². The highest BCUT2D eigenvalue weighted by Crippen LogP contribution is 2.23. The maximum Gasteiger partial charge on any atom is 0.255 e. The van der Waals surface area contributed by atoms with Crippen LogP contribution in [0, 0.1) is 13.8 Å². The molecular formula is C15H19N3O2. The smallest absolute Gasteiger partial charge is 0.255 e. The molecule has 1 heterocycles. The van der Waals surface area contributed by atoms with Crippen LogP contribution < -0.4 is 5.32 Å². The van der Waals surface area contributed by atoms with Crippen molar-refractivity contribution in [2.24, 2.45) is 0 Å². The lowest BCUT2D eigenvalue weighted by atomic mass is 10.1. The Morgan fingerprint density at radius 1 is 1.40 bits per heavy atom. The molecule has 0 bridgehead atoms. The molecule has 2 rings (SSSR count). The summed E-state index contributed by atoms with van der Waals surface area (Å²) in [4.78, 5) is 16.0. The van der Waals surface area contributed by atoms with Gasteiger partial charge in [-0.1, -0.05) is 6.07 Å². The standard InChI is InChI=1S/C15H19N3O2/c1-11-8-12(2)14(19)13(9-11)15(20)17-4-3-6-18-7-5-16-10-18/h5,7-10,19H,3-4,6H2,1-2H3,(H,17,20). The number of hydrogen-bond acceptors (Lipinski definition) is 3. The predicted molar refractivity (Wildman–Crippen MR) is 76.8 cm³/mol. The van der Waals surface area contributed by atoms with Gasteiger partial charge in [-0.05, 0) is 37.5 Å². The van der Waals surface area contributed by atoms with Crippen molar-refractivity contribution in [2.45, 2.75) is 26.8 Å². The first-order chi connectivity index (χ1) is 9.58. The maximum atomic E-state index is 12.0. The molecule has 20 heavy (non-hydrogen) atoms. The molecule has 1 aromatic heterocycles. The summed E-state index contributed by atoms with van der Waals surface area (Å²) in [5, 5.41) is 12.7. The van der Waals surface area contributed by atoms with Crippen molar-refractivity contribution in [3.05, 3.63) is 47.5 Å². The Labute approximate surface area is 118 Å². The molecule has 0 aliphatic heterocycles. The van der Waals surface area contributed by atoms with Gasteiger partial charge >= 0.3 is 0 Å². The number of amides is 1. The van der Waals surface area contributed by atoms with E-state index >= 15 is 0 Å². The summed E-state index contributed by atoms with van der Waals surface area (Å²) in [5.41, 5.74) is 2.02. The predicted octanol–water partition coefficient (Wildman–Crippen LogP) is 2.03. The van der Waals surface area contributed by atoms with Gasteiger partial charge in [-0.3, -0.25) is 4.79 Å². The number of benzene rings is 1. The number of rotatable bonds is 5. The molecule has 0 saturated carbocycles. The molecule has 106 valence electrons. The Bertz CT molecular complexity index is 591. The van der Waals surface area contributed by atoms with Gasteiger partial charge in [0.25, 0.3) is 5.91 Å². The Kier molecular flexibility index (Phi) is 4.40. The van der Waals surface area contributed by atoms with Gasteiger partial charge in [-0.15, -0.1) is 0 Å². The van der Waals surface area contributed by atoms with Crippen molar-refractivity contribution in [1.82, 2.24) is 14.9 Å². The van der Waals surface area contributed by atoms with E-state index in [0.717, 1.165) is 18.5 Å². The van der Waals surface area contributed by atoms with E-state index in [0.29, 0.717) is 17.7 Å². The average molecular weight is 273 g/mol. The molecule has 0 spiro atoms. The third-order valence-electron chi connectivity index (χ3n) is 3.13. The van der Waals surface area contributed by atoms with E-state index in [9.17, 15) is 9.90 Å². The average Bonchev–Trinajstić information content (AvgIpc) is 2.91. The van der Waals surface area contributed by atoms with Crippen LogP contribution in [0.4, 0.5) is 0 Å². The highest BCUT2D eigenvalue weighted by atomic mass is 16.3. The number of aromatic nitrogens is 2. The van der Waals surface area contributed by atoms with E-state index in [1.807, 2.05) is 23.8 Å². The van der Waals surface area contributed by atoms with E-state index < -0.39 is 0 Å². The van der Waals surface area contributed by atoms with Crippen LogP contribution in [0.15, 0.2) is 30.9 Å². The minimum absolute atomic E-state index is 0.0581. The summed E-state index contributed by atoms with van der Waals surface area (Å²) < 4.78 is 1.96. The van der Waals surface area contributed by atoms with Crippen LogP contribution >= 0.6 is 0 Å².